The van der Waals surface area contributed by atoms with Crippen molar-refractivity contribution in [2.75, 3.05) is 31.7 Å². The summed E-state index contributed by atoms with van der Waals surface area (Å²) in [5, 5.41) is 0. The van der Waals surface area contributed by atoms with Gasteiger partial charge in [0.15, 0.2) is 0 Å². The molecule has 4 nitrogen and oxygen atoms in total. The number of carbonyl (C=O) groups excluding carboxylic acids is 1. The van der Waals surface area contributed by atoms with Gasteiger partial charge in [-0.2, -0.15) is 0 Å². The highest BCUT2D eigenvalue weighted by Gasteiger charge is 2.56. The van der Waals surface area contributed by atoms with Crippen molar-refractivity contribution in [2.24, 2.45) is 11.3 Å². The second-order valence-electron chi connectivity index (χ2n) is 7.59. The highest BCUT2D eigenvalue weighted by molar-refractivity contribution is 9.10. The van der Waals surface area contributed by atoms with Crippen LogP contribution >= 0.6 is 15.9 Å². The Hall–Kier alpha value is -1.85. The number of halogens is 1. The van der Waals surface area contributed by atoms with Crippen LogP contribution in [0.15, 0.2) is 53.0 Å². The SMILES string of the molecule is COC(=O)c1ccc(Br)cc1N1CCC2(COCc3ccccc3)CC2C1. The van der Waals surface area contributed by atoms with Gasteiger partial charge in [-0.25, -0.2) is 4.79 Å². The molecule has 2 fully saturated rings. The number of hydrogen-bond donors (Lipinski definition) is 0. The van der Waals surface area contributed by atoms with Gasteiger partial charge in [0.1, 0.15) is 0 Å². The molecule has 2 aliphatic rings. The summed E-state index contributed by atoms with van der Waals surface area (Å²) in [5.41, 5.74) is 3.14. The van der Waals surface area contributed by atoms with Crippen molar-refractivity contribution in [3.8, 4) is 0 Å². The predicted molar refractivity (Wildman–Crippen MR) is 109 cm³/mol. The largest absolute Gasteiger partial charge is 0.465 e. The zero-order valence-electron chi connectivity index (χ0n) is 15.5. The van der Waals surface area contributed by atoms with Crippen LogP contribution in [0.5, 0.6) is 0 Å². The molecule has 2 unspecified atom stereocenters. The molecule has 0 spiro atoms. The topological polar surface area (TPSA) is 38.8 Å². The average molecular weight is 430 g/mol. The number of carbonyl (C=O) groups is 1. The quantitative estimate of drug-likeness (QED) is 0.625. The van der Waals surface area contributed by atoms with Gasteiger partial charge >= 0.3 is 5.97 Å². The number of methoxy groups -OCH3 is 1. The number of anilines is 1. The molecule has 1 saturated carbocycles. The van der Waals surface area contributed by atoms with E-state index in [2.05, 4.69) is 33.0 Å². The third-order valence-corrected chi connectivity index (χ3v) is 6.38. The summed E-state index contributed by atoms with van der Waals surface area (Å²) >= 11 is 3.53. The van der Waals surface area contributed by atoms with Crippen LogP contribution in [-0.4, -0.2) is 32.8 Å². The molecule has 27 heavy (non-hydrogen) atoms. The zero-order valence-corrected chi connectivity index (χ0v) is 17.1. The third-order valence-electron chi connectivity index (χ3n) is 5.89. The highest BCUT2D eigenvalue weighted by Crippen LogP contribution is 2.58. The van der Waals surface area contributed by atoms with E-state index in [0.717, 1.165) is 36.3 Å². The molecule has 4 rings (SSSR count). The highest BCUT2D eigenvalue weighted by atomic mass is 79.9. The van der Waals surface area contributed by atoms with E-state index in [4.69, 9.17) is 9.47 Å². The average Bonchev–Trinajstić information content (AvgIpc) is 3.41. The standard InChI is InChI=1S/C22H24BrNO3/c1-26-21(25)19-8-7-18(23)11-20(19)24-10-9-22(12-17(22)13-24)15-27-14-16-5-3-2-4-6-16/h2-8,11,17H,9-10,12-15H2,1H3. The summed E-state index contributed by atoms with van der Waals surface area (Å²) in [6.45, 7) is 3.40. The summed E-state index contributed by atoms with van der Waals surface area (Å²) in [5.74, 6) is 0.350. The van der Waals surface area contributed by atoms with E-state index in [9.17, 15) is 4.79 Å². The second-order valence-corrected chi connectivity index (χ2v) is 8.51. The molecule has 1 aliphatic carbocycles. The molecule has 5 heteroatoms. The lowest BCUT2D eigenvalue weighted by Gasteiger charge is -2.34. The normalized spacial score (nSPS) is 23.6. The molecule has 1 heterocycles. The Morgan fingerprint density at radius 2 is 2.07 bits per heavy atom. The van der Waals surface area contributed by atoms with E-state index >= 15 is 0 Å². The Balaban J connectivity index is 1.38. The molecular weight excluding hydrogens is 406 g/mol. The monoisotopic (exact) mass is 429 g/mol. The van der Waals surface area contributed by atoms with Gasteiger partial charge in [0.2, 0.25) is 0 Å². The van der Waals surface area contributed by atoms with Crippen molar-refractivity contribution in [2.45, 2.75) is 19.4 Å². The first-order chi connectivity index (χ1) is 13.1. The molecule has 1 aliphatic heterocycles. The molecule has 2 aromatic rings. The van der Waals surface area contributed by atoms with Gasteiger partial charge in [-0.05, 0) is 42.5 Å². The van der Waals surface area contributed by atoms with Crippen LogP contribution in [0.25, 0.3) is 0 Å². The Morgan fingerprint density at radius 1 is 1.26 bits per heavy atom. The first kappa shape index (κ1) is 18.5. The molecule has 142 valence electrons. The van der Waals surface area contributed by atoms with Crippen molar-refractivity contribution < 1.29 is 14.3 Å². The van der Waals surface area contributed by atoms with Crippen LogP contribution in [0.1, 0.15) is 28.8 Å². The van der Waals surface area contributed by atoms with Crippen LogP contribution < -0.4 is 4.90 Å². The number of nitrogens with zero attached hydrogens (tertiary/aromatic N) is 1. The third kappa shape index (κ3) is 3.90. The van der Waals surface area contributed by atoms with E-state index in [-0.39, 0.29) is 5.97 Å². The minimum Gasteiger partial charge on any atom is -0.465 e. The zero-order chi connectivity index (χ0) is 18.9. The Labute approximate surface area is 168 Å². The van der Waals surface area contributed by atoms with Crippen LogP contribution in [0.3, 0.4) is 0 Å². The number of benzene rings is 2. The fraction of sp³-hybridized carbons (Fsp3) is 0.409. The Kier molecular flexibility index (Phi) is 5.24. The van der Waals surface area contributed by atoms with Gasteiger partial charge in [0, 0.05) is 23.0 Å². The van der Waals surface area contributed by atoms with Crippen LogP contribution in [0, 0.1) is 11.3 Å². The Morgan fingerprint density at radius 3 is 2.81 bits per heavy atom. The van der Waals surface area contributed by atoms with Crippen LogP contribution in [-0.2, 0) is 16.1 Å². The van der Waals surface area contributed by atoms with E-state index in [0.29, 0.717) is 23.5 Å². The van der Waals surface area contributed by atoms with Crippen molar-refractivity contribution >= 4 is 27.6 Å². The molecule has 2 atom stereocenters. The fourth-order valence-corrected chi connectivity index (χ4v) is 4.52. The molecule has 0 aromatic heterocycles. The van der Waals surface area contributed by atoms with Gasteiger partial charge < -0.3 is 14.4 Å². The van der Waals surface area contributed by atoms with Crippen molar-refractivity contribution in [3.05, 3.63) is 64.1 Å². The van der Waals surface area contributed by atoms with Crippen molar-refractivity contribution in [3.63, 3.8) is 0 Å². The molecule has 0 N–H and O–H groups in total. The fourth-order valence-electron chi connectivity index (χ4n) is 4.17. The molecule has 0 amide bonds. The number of ether oxygens (including phenoxy) is 2. The summed E-state index contributed by atoms with van der Waals surface area (Å²) in [7, 11) is 1.43. The maximum atomic E-state index is 12.1. The molecular formula is C22H24BrNO3. The van der Waals surface area contributed by atoms with Crippen molar-refractivity contribution in [1.82, 2.24) is 0 Å². The maximum Gasteiger partial charge on any atom is 0.339 e. The summed E-state index contributed by atoms with van der Waals surface area (Å²) in [4.78, 5) is 14.5. The number of fused-ring (bicyclic) bond motifs is 1. The molecule has 0 radical (unpaired) electrons. The van der Waals surface area contributed by atoms with E-state index in [1.807, 2.05) is 36.4 Å². The number of piperidine rings is 1. The van der Waals surface area contributed by atoms with Crippen LogP contribution in [0.2, 0.25) is 0 Å². The lowest BCUT2D eigenvalue weighted by molar-refractivity contribution is 0.0599. The second kappa shape index (κ2) is 7.64. The predicted octanol–water partition coefficient (Wildman–Crippen LogP) is 4.67. The maximum absolute atomic E-state index is 12.1. The van der Waals surface area contributed by atoms with Gasteiger partial charge in [0.25, 0.3) is 0 Å². The number of esters is 1. The van der Waals surface area contributed by atoms with E-state index in [1.165, 1.54) is 19.1 Å². The van der Waals surface area contributed by atoms with E-state index in [1.54, 1.807) is 0 Å². The lowest BCUT2D eigenvalue weighted by Crippen LogP contribution is -2.37. The summed E-state index contributed by atoms with van der Waals surface area (Å²) < 4.78 is 12.0. The first-order valence-electron chi connectivity index (χ1n) is 9.36. The molecule has 1 saturated heterocycles. The van der Waals surface area contributed by atoms with Gasteiger partial charge in [-0.15, -0.1) is 0 Å². The summed E-state index contributed by atoms with van der Waals surface area (Å²) in [6.07, 6.45) is 2.30. The first-order valence-corrected chi connectivity index (χ1v) is 10.1. The van der Waals surface area contributed by atoms with Gasteiger partial charge in [-0.1, -0.05) is 46.3 Å². The van der Waals surface area contributed by atoms with Gasteiger partial charge in [-0.3, -0.25) is 0 Å². The minimum absolute atomic E-state index is 0.281. The van der Waals surface area contributed by atoms with Crippen molar-refractivity contribution in [1.29, 1.82) is 0 Å². The smallest absolute Gasteiger partial charge is 0.339 e. The molecule has 2 aromatic carbocycles. The summed E-state index contributed by atoms with van der Waals surface area (Å²) in [6, 6.07) is 16.1. The number of rotatable bonds is 6. The number of hydrogen-bond acceptors (Lipinski definition) is 4. The lowest BCUT2D eigenvalue weighted by atomic mass is 9.95. The Bertz CT molecular complexity index is 826. The van der Waals surface area contributed by atoms with Gasteiger partial charge in [0.05, 0.1) is 31.6 Å². The van der Waals surface area contributed by atoms with E-state index < -0.39 is 0 Å². The molecule has 0 bridgehead atoms. The minimum atomic E-state index is -0.281. The van der Waals surface area contributed by atoms with Crippen LogP contribution in [0.4, 0.5) is 5.69 Å².